The van der Waals surface area contributed by atoms with Crippen LogP contribution in [0.5, 0.6) is 11.5 Å². The monoisotopic (exact) mass is 323 g/mol. The first-order valence-electron chi connectivity index (χ1n) is 7.60. The molecule has 1 saturated heterocycles. The van der Waals surface area contributed by atoms with E-state index >= 15 is 0 Å². The van der Waals surface area contributed by atoms with Gasteiger partial charge in [0.25, 0.3) is 0 Å². The second kappa shape index (κ2) is 7.01. The van der Waals surface area contributed by atoms with Crippen molar-refractivity contribution in [1.29, 1.82) is 0 Å². The molecule has 0 radical (unpaired) electrons. The number of ether oxygens (including phenoxy) is 2. The molecule has 3 rings (SSSR count). The maximum atomic E-state index is 5.44. The van der Waals surface area contributed by atoms with Crippen molar-refractivity contribution in [2.24, 2.45) is 0 Å². The fraction of sp³-hybridized carbons (Fsp3) is 0.529. The van der Waals surface area contributed by atoms with Gasteiger partial charge in [-0.1, -0.05) is 18.2 Å². The Balaban J connectivity index is 1.94. The normalized spacial score (nSPS) is 22.5. The van der Waals surface area contributed by atoms with Gasteiger partial charge in [-0.15, -0.1) is 0 Å². The summed E-state index contributed by atoms with van der Waals surface area (Å²) in [5, 5.41) is 0. The van der Waals surface area contributed by atoms with Crippen molar-refractivity contribution in [3.8, 4) is 11.5 Å². The van der Waals surface area contributed by atoms with Crippen LogP contribution in [0.3, 0.4) is 0 Å². The summed E-state index contributed by atoms with van der Waals surface area (Å²) in [5.41, 5.74) is 1.73. The fourth-order valence-corrected chi connectivity index (χ4v) is 7.64. The van der Waals surface area contributed by atoms with E-state index in [9.17, 15) is 0 Å². The Morgan fingerprint density at radius 3 is 2.24 bits per heavy atom. The molecule has 1 aromatic carbocycles. The molecule has 0 N–H and O–H groups in total. The molecule has 2 fully saturated rings. The summed E-state index contributed by atoms with van der Waals surface area (Å²) in [5.74, 6) is 4.32. The van der Waals surface area contributed by atoms with Crippen LogP contribution >= 0.6 is 11.8 Å². The van der Waals surface area contributed by atoms with E-state index in [0.717, 1.165) is 11.5 Å². The molecule has 1 aromatic rings. The van der Waals surface area contributed by atoms with E-state index in [1.807, 2.05) is 6.07 Å². The van der Waals surface area contributed by atoms with E-state index < -0.39 is 0 Å². The maximum Gasteiger partial charge on any atom is 0.193 e. The van der Waals surface area contributed by atoms with Gasteiger partial charge in [-0.25, -0.2) is 0 Å². The third-order valence-corrected chi connectivity index (χ3v) is 8.43. The van der Waals surface area contributed by atoms with Crippen LogP contribution in [0, 0.1) is 0 Å². The van der Waals surface area contributed by atoms with Gasteiger partial charge in [0.2, 0.25) is 0 Å². The summed E-state index contributed by atoms with van der Waals surface area (Å²) in [6, 6.07) is 6.35. The molecule has 4 heteroatoms. The SMILES string of the molecule is COc1cc(OC)cc([S+]2CCSC2=C2CCCCC2)c1. The summed E-state index contributed by atoms with van der Waals surface area (Å²) in [6.07, 6.45) is 6.78. The van der Waals surface area contributed by atoms with E-state index in [0.29, 0.717) is 0 Å². The van der Waals surface area contributed by atoms with E-state index in [1.165, 1.54) is 48.5 Å². The topological polar surface area (TPSA) is 18.5 Å². The van der Waals surface area contributed by atoms with Gasteiger partial charge in [-0.05, 0) is 31.3 Å². The van der Waals surface area contributed by atoms with Gasteiger partial charge in [0.1, 0.15) is 17.3 Å². The van der Waals surface area contributed by atoms with Crippen LogP contribution in [0.25, 0.3) is 0 Å². The van der Waals surface area contributed by atoms with E-state index in [1.54, 1.807) is 24.0 Å². The third kappa shape index (κ3) is 3.37. The molecule has 2 nitrogen and oxygen atoms in total. The first-order valence-corrected chi connectivity index (χ1v) is 9.98. The maximum absolute atomic E-state index is 5.44. The van der Waals surface area contributed by atoms with Gasteiger partial charge < -0.3 is 9.47 Å². The second-order valence-electron chi connectivity index (χ2n) is 5.44. The van der Waals surface area contributed by atoms with Crippen LogP contribution < -0.4 is 9.47 Å². The van der Waals surface area contributed by atoms with Crippen LogP contribution in [0.15, 0.2) is 32.9 Å². The van der Waals surface area contributed by atoms with Crippen molar-refractivity contribution in [2.45, 2.75) is 37.0 Å². The van der Waals surface area contributed by atoms with Crippen LogP contribution in [-0.2, 0) is 10.9 Å². The Morgan fingerprint density at radius 1 is 0.952 bits per heavy atom. The van der Waals surface area contributed by atoms with Gasteiger partial charge in [-0.2, -0.15) is 0 Å². The second-order valence-corrected chi connectivity index (χ2v) is 8.88. The zero-order chi connectivity index (χ0) is 14.7. The molecule has 1 saturated carbocycles. The van der Waals surface area contributed by atoms with Crippen molar-refractivity contribution in [3.05, 3.63) is 28.0 Å². The van der Waals surface area contributed by atoms with Gasteiger partial charge in [0.05, 0.1) is 25.1 Å². The highest BCUT2D eigenvalue weighted by Gasteiger charge is 2.37. The van der Waals surface area contributed by atoms with Gasteiger partial charge in [0.15, 0.2) is 9.13 Å². The minimum absolute atomic E-state index is 0.233. The number of hydrogen-bond donors (Lipinski definition) is 0. The molecule has 0 amide bonds. The molecule has 1 atom stereocenters. The predicted octanol–water partition coefficient (Wildman–Crippen LogP) is 4.60. The molecular weight excluding hydrogens is 300 g/mol. The number of hydrogen-bond acceptors (Lipinski definition) is 3. The zero-order valence-corrected chi connectivity index (χ0v) is 14.4. The minimum Gasteiger partial charge on any atom is -0.496 e. The van der Waals surface area contributed by atoms with Crippen molar-refractivity contribution in [1.82, 2.24) is 0 Å². The summed E-state index contributed by atoms with van der Waals surface area (Å²) in [7, 11) is 3.69. The number of thioether (sulfide) groups is 1. The summed E-state index contributed by atoms with van der Waals surface area (Å²) in [6.45, 7) is 0. The van der Waals surface area contributed by atoms with E-state index in [4.69, 9.17) is 9.47 Å². The van der Waals surface area contributed by atoms with Crippen LogP contribution in [0.4, 0.5) is 0 Å². The summed E-state index contributed by atoms with van der Waals surface area (Å²) < 4.78 is 12.5. The van der Waals surface area contributed by atoms with Crippen molar-refractivity contribution < 1.29 is 9.47 Å². The zero-order valence-electron chi connectivity index (χ0n) is 12.8. The van der Waals surface area contributed by atoms with Crippen molar-refractivity contribution in [2.75, 3.05) is 25.7 Å². The Labute approximate surface area is 134 Å². The molecule has 0 aromatic heterocycles. The molecule has 1 unspecified atom stereocenters. The van der Waals surface area contributed by atoms with Crippen molar-refractivity contribution in [3.63, 3.8) is 0 Å². The lowest BCUT2D eigenvalue weighted by Crippen LogP contribution is -2.07. The number of rotatable bonds is 3. The highest BCUT2D eigenvalue weighted by atomic mass is 32.2. The molecule has 21 heavy (non-hydrogen) atoms. The summed E-state index contributed by atoms with van der Waals surface area (Å²) in [4.78, 5) is 1.38. The smallest absolute Gasteiger partial charge is 0.193 e. The molecule has 1 aliphatic carbocycles. The largest absolute Gasteiger partial charge is 0.496 e. The number of allylic oxidation sites excluding steroid dienone is 1. The highest BCUT2D eigenvalue weighted by molar-refractivity contribution is 8.23. The Kier molecular flexibility index (Phi) is 5.07. The average molecular weight is 324 g/mol. The Morgan fingerprint density at radius 2 is 1.62 bits per heavy atom. The van der Waals surface area contributed by atoms with E-state index in [-0.39, 0.29) is 10.9 Å². The first-order chi connectivity index (χ1) is 10.3. The number of methoxy groups -OCH3 is 2. The minimum atomic E-state index is 0.233. The first kappa shape index (κ1) is 15.2. The molecule has 114 valence electrons. The summed E-state index contributed by atoms with van der Waals surface area (Å²) >= 11 is 2.09. The molecule has 0 spiro atoms. The van der Waals surface area contributed by atoms with Crippen LogP contribution in [0.2, 0.25) is 0 Å². The quantitative estimate of drug-likeness (QED) is 0.757. The third-order valence-electron chi connectivity index (χ3n) is 4.10. The predicted molar refractivity (Wildman–Crippen MR) is 92.6 cm³/mol. The molecule has 1 heterocycles. The van der Waals surface area contributed by atoms with Gasteiger partial charge in [0, 0.05) is 24.0 Å². The Hall–Kier alpha value is -0.740. The van der Waals surface area contributed by atoms with Gasteiger partial charge in [-0.3, -0.25) is 0 Å². The lowest BCUT2D eigenvalue weighted by Gasteiger charge is -2.15. The molecular formula is C17H23O2S2+. The van der Waals surface area contributed by atoms with Gasteiger partial charge >= 0.3 is 0 Å². The van der Waals surface area contributed by atoms with Crippen molar-refractivity contribution >= 4 is 22.7 Å². The van der Waals surface area contributed by atoms with Crippen LogP contribution in [-0.4, -0.2) is 25.7 Å². The average Bonchev–Trinajstić information content (AvgIpc) is 3.04. The number of benzene rings is 1. The lowest BCUT2D eigenvalue weighted by molar-refractivity contribution is 0.392. The molecule has 2 aliphatic rings. The molecule has 0 bridgehead atoms. The lowest BCUT2D eigenvalue weighted by atomic mass is 9.96. The van der Waals surface area contributed by atoms with Crippen LogP contribution in [0.1, 0.15) is 32.1 Å². The fourth-order valence-electron chi connectivity index (χ4n) is 2.99. The Bertz CT molecular complexity index is 509. The highest BCUT2D eigenvalue weighted by Crippen LogP contribution is 2.44. The van der Waals surface area contributed by atoms with E-state index in [2.05, 4.69) is 23.9 Å². The molecule has 1 aliphatic heterocycles. The standard InChI is InChI=1S/C17H23O2S2/c1-18-14-10-15(19-2)12-16(11-14)21-9-8-20-17(21)13-6-4-3-5-7-13/h10-12H,3-9H2,1-2H3/q+1.